The van der Waals surface area contributed by atoms with Crippen LogP contribution in [0.2, 0.25) is 0 Å². The van der Waals surface area contributed by atoms with Crippen LogP contribution in [0.5, 0.6) is 0 Å². The van der Waals surface area contributed by atoms with Gasteiger partial charge >= 0.3 is 0 Å². The molecule has 4 heteroatoms. The van der Waals surface area contributed by atoms with E-state index in [9.17, 15) is 0 Å². The van der Waals surface area contributed by atoms with Gasteiger partial charge in [-0.3, -0.25) is 0 Å². The van der Waals surface area contributed by atoms with Crippen molar-refractivity contribution < 1.29 is 5.11 Å². The molecule has 0 saturated heterocycles. The van der Waals surface area contributed by atoms with E-state index in [1.54, 1.807) is 11.3 Å². The number of hydrogen-bond acceptors (Lipinski definition) is 3. The average Bonchev–Trinajstić information content (AvgIpc) is 2.54. The summed E-state index contributed by atoms with van der Waals surface area (Å²) in [4.78, 5) is 1.28. The van der Waals surface area contributed by atoms with Crippen LogP contribution in [0.1, 0.15) is 18.2 Å². The van der Waals surface area contributed by atoms with Gasteiger partial charge < -0.3 is 10.4 Å². The zero-order chi connectivity index (χ0) is 9.68. The second-order valence-corrected chi connectivity index (χ2v) is 4.72. The topological polar surface area (TPSA) is 32.3 Å². The van der Waals surface area contributed by atoms with Crippen LogP contribution in [0, 0.1) is 0 Å². The average molecular weight is 264 g/mol. The van der Waals surface area contributed by atoms with E-state index < -0.39 is 0 Å². The van der Waals surface area contributed by atoms with Gasteiger partial charge in [0.2, 0.25) is 0 Å². The molecule has 0 amide bonds. The highest BCUT2D eigenvalue weighted by atomic mass is 79.9. The maximum absolute atomic E-state index is 8.95. The van der Waals surface area contributed by atoms with Crippen molar-refractivity contribution in [1.82, 2.24) is 5.32 Å². The molecular weight excluding hydrogens is 250 g/mol. The van der Waals surface area contributed by atoms with Crippen molar-refractivity contribution in [2.24, 2.45) is 0 Å². The molecule has 1 rings (SSSR count). The lowest BCUT2D eigenvalue weighted by molar-refractivity contribution is 0.238. The highest BCUT2D eigenvalue weighted by Crippen LogP contribution is 2.22. The summed E-state index contributed by atoms with van der Waals surface area (Å²) in [6.45, 7) is 3.11. The molecule has 1 aromatic rings. The Morgan fingerprint density at radius 1 is 1.69 bits per heavy atom. The lowest BCUT2D eigenvalue weighted by Crippen LogP contribution is -2.30. The first-order valence-electron chi connectivity index (χ1n) is 4.34. The predicted octanol–water partition coefficient (Wildman–Crippen LogP) is 2.37. The lowest BCUT2D eigenvalue weighted by Gasteiger charge is -2.12. The van der Waals surface area contributed by atoms with Crippen molar-refractivity contribution in [2.75, 3.05) is 6.61 Å². The van der Waals surface area contributed by atoms with E-state index in [1.165, 1.54) is 4.88 Å². The molecule has 0 bridgehead atoms. The molecule has 0 aromatic carbocycles. The number of nitrogens with one attached hydrogen (secondary N) is 1. The minimum Gasteiger partial charge on any atom is -0.395 e. The predicted molar refractivity (Wildman–Crippen MR) is 60.0 cm³/mol. The summed E-state index contributed by atoms with van der Waals surface area (Å²) in [6, 6.07) is 2.26. The number of aliphatic hydroxyl groups is 1. The Bertz CT molecular complexity index is 248. The normalized spacial score (nSPS) is 13.2. The molecule has 2 nitrogen and oxygen atoms in total. The summed E-state index contributed by atoms with van der Waals surface area (Å²) in [5.74, 6) is 0. The summed E-state index contributed by atoms with van der Waals surface area (Å²) >= 11 is 5.19. The molecule has 0 spiro atoms. The fourth-order valence-electron chi connectivity index (χ4n) is 1.03. The van der Waals surface area contributed by atoms with Gasteiger partial charge in [0.05, 0.1) is 6.61 Å². The molecule has 2 N–H and O–H groups in total. The third kappa shape index (κ3) is 3.38. The number of halogens is 1. The highest BCUT2D eigenvalue weighted by molar-refractivity contribution is 9.10. The van der Waals surface area contributed by atoms with Crippen molar-refractivity contribution in [3.05, 3.63) is 20.8 Å². The van der Waals surface area contributed by atoms with E-state index in [0.29, 0.717) is 0 Å². The van der Waals surface area contributed by atoms with Gasteiger partial charge in [-0.05, 0) is 33.8 Å². The number of aliphatic hydroxyl groups excluding tert-OH is 1. The largest absolute Gasteiger partial charge is 0.395 e. The monoisotopic (exact) mass is 263 g/mol. The standard InChI is InChI=1S/C9H14BrNOS/c1-2-7(6-12)11-5-9-8(10)3-4-13-9/h3-4,7,11-12H,2,5-6H2,1H3/t7-/m1/s1. The van der Waals surface area contributed by atoms with Gasteiger partial charge in [-0.15, -0.1) is 11.3 Å². The molecule has 0 aliphatic heterocycles. The van der Waals surface area contributed by atoms with Gasteiger partial charge in [-0.1, -0.05) is 6.92 Å². The quantitative estimate of drug-likeness (QED) is 0.855. The first-order valence-corrected chi connectivity index (χ1v) is 6.01. The van der Waals surface area contributed by atoms with E-state index in [1.807, 2.05) is 6.07 Å². The Labute approximate surface area is 91.1 Å². The van der Waals surface area contributed by atoms with Gasteiger partial charge in [0.15, 0.2) is 0 Å². The summed E-state index contributed by atoms with van der Waals surface area (Å²) in [7, 11) is 0. The molecular formula is C9H14BrNOS. The van der Waals surface area contributed by atoms with Crippen LogP contribution >= 0.6 is 27.3 Å². The van der Waals surface area contributed by atoms with E-state index in [0.717, 1.165) is 17.4 Å². The molecule has 74 valence electrons. The van der Waals surface area contributed by atoms with Crippen molar-refractivity contribution in [3.63, 3.8) is 0 Å². The minimum absolute atomic E-state index is 0.208. The Hall–Kier alpha value is 0.100. The zero-order valence-electron chi connectivity index (χ0n) is 7.59. The Morgan fingerprint density at radius 3 is 2.92 bits per heavy atom. The Morgan fingerprint density at radius 2 is 2.46 bits per heavy atom. The summed E-state index contributed by atoms with van der Waals surface area (Å²) < 4.78 is 1.15. The maximum Gasteiger partial charge on any atom is 0.0584 e. The van der Waals surface area contributed by atoms with Gasteiger partial charge in [-0.25, -0.2) is 0 Å². The van der Waals surface area contributed by atoms with Gasteiger partial charge in [0.25, 0.3) is 0 Å². The summed E-state index contributed by atoms with van der Waals surface area (Å²) in [5, 5.41) is 14.3. The molecule has 0 fully saturated rings. The van der Waals surface area contributed by atoms with Crippen LogP contribution < -0.4 is 5.32 Å². The van der Waals surface area contributed by atoms with Crippen molar-refractivity contribution >= 4 is 27.3 Å². The van der Waals surface area contributed by atoms with Gasteiger partial charge in [-0.2, -0.15) is 0 Å². The van der Waals surface area contributed by atoms with E-state index in [4.69, 9.17) is 5.11 Å². The molecule has 0 saturated carbocycles. The third-order valence-electron chi connectivity index (χ3n) is 1.96. The smallest absolute Gasteiger partial charge is 0.0584 e. The van der Waals surface area contributed by atoms with Crippen molar-refractivity contribution in [1.29, 1.82) is 0 Å². The highest BCUT2D eigenvalue weighted by Gasteiger charge is 2.05. The third-order valence-corrected chi connectivity index (χ3v) is 3.88. The van der Waals surface area contributed by atoms with E-state index >= 15 is 0 Å². The maximum atomic E-state index is 8.95. The first kappa shape index (κ1) is 11.2. The Balaban J connectivity index is 2.38. The molecule has 1 heterocycles. The van der Waals surface area contributed by atoms with E-state index in [-0.39, 0.29) is 12.6 Å². The molecule has 0 aliphatic carbocycles. The minimum atomic E-state index is 0.208. The number of rotatable bonds is 5. The lowest BCUT2D eigenvalue weighted by atomic mass is 10.2. The van der Waals surface area contributed by atoms with Gasteiger partial charge in [0.1, 0.15) is 0 Å². The van der Waals surface area contributed by atoms with E-state index in [2.05, 4.69) is 33.6 Å². The van der Waals surface area contributed by atoms with Crippen LogP contribution in [-0.2, 0) is 6.54 Å². The molecule has 0 radical (unpaired) electrons. The van der Waals surface area contributed by atoms with Crippen molar-refractivity contribution in [2.45, 2.75) is 25.9 Å². The van der Waals surface area contributed by atoms with Crippen molar-refractivity contribution in [3.8, 4) is 0 Å². The molecule has 0 aliphatic rings. The number of thiophene rings is 1. The second kappa shape index (κ2) is 5.75. The van der Waals surface area contributed by atoms with Crippen LogP contribution in [0.4, 0.5) is 0 Å². The fourth-order valence-corrected chi connectivity index (χ4v) is 2.47. The zero-order valence-corrected chi connectivity index (χ0v) is 9.99. The number of hydrogen-bond donors (Lipinski definition) is 2. The second-order valence-electron chi connectivity index (χ2n) is 2.86. The summed E-state index contributed by atoms with van der Waals surface area (Å²) in [5.41, 5.74) is 0. The van der Waals surface area contributed by atoms with Crippen LogP contribution in [0.3, 0.4) is 0 Å². The van der Waals surface area contributed by atoms with Crippen LogP contribution in [0.15, 0.2) is 15.9 Å². The molecule has 1 aromatic heterocycles. The summed E-state index contributed by atoms with van der Waals surface area (Å²) in [6.07, 6.45) is 0.958. The van der Waals surface area contributed by atoms with Crippen LogP contribution in [-0.4, -0.2) is 17.8 Å². The molecule has 1 atom stereocenters. The SMILES string of the molecule is CC[C@H](CO)NCc1sccc1Br. The fraction of sp³-hybridized carbons (Fsp3) is 0.556. The Kier molecular flexibility index (Phi) is 4.94. The van der Waals surface area contributed by atoms with Gasteiger partial charge in [0, 0.05) is 21.9 Å². The molecule has 13 heavy (non-hydrogen) atoms. The first-order chi connectivity index (χ1) is 6.27. The van der Waals surface area contributed by atoms with Crippen LogP contribution in [0.25, 0.3) is 0 Å². The molecule has 0 unspecified atom stereocenters.